The van der Waals surface area contributed by atoms with E-state index >= 15 is 0 Å². The Bertz CT molecular complexity index is 329. The molecule has 1 rings (SSSR count). The van der Waals surface area contributed by atoms with Crippen LogP contribution >= 0.6 is 0 Å². The van der Waals surface area contributed by atoms with Crippen molar-refractivity contribution in [3.8, 4) is 0 Å². The van der Waals surface area contributed by atoms with Crippen LogP contribution in [-0.4, -0.2) is 54.5 Å². The van der Waals surface area contributed by atoms with E-state index in [1.807, 2.05) is 27.7 Å². The lowest BCUT2D eigenvalue weighted by atomic mass is 10.0. The van der Waals surface area contributed by atoms with Gasteiger partial charge in [-0.25, -0.2) is 4.79 Å². The topological polar surface area (TPSA) is 50.8 Å². The Morgan fingerprint density at radius 3 is 2.24 bits per heavy atom. The van der Waals surface area contributed by atoms with E-state index in [2.05, 4.69) is 19.2 Å². The van der Waals surface area contributed by atoms with E-state index < -0.39 is 5.60 Å². The van der Waals surface area contributed by atoms with E-state index in [0.29, 0.717) is 6.04 Å². The number of likely N-dealkylation sites (tertiary alicyclic amines) is 1. The summed E-state index contributed by atoms with van der Waals surface area (Å²) in [7, 11) is 0. The largest absolute Gasteiger partial charge is 0.444 e. The molecule has 21 heavy (non-hydrogen) atoms. The maximum Gasteiger partial charge on any atom is 0.410 e. The first-order valence-corrected chi connectivity index (χ1v) is 7.98. The van der Waals surface area contributed by atoms with Crippen molar-refractivity contribution in [1.82, 2.24) is 10.2 Å². The number of nitrogens with zero attached hydrogens (tertiary/aromatic N) is 1. The second-order valence-electron chi connectivity index (χ2n) is 7.32. The summed E-state index contributed by atoms with van der Waals surface area (Å²) >= 11 is 0. The first-order valence-electron chi connectivity index (χ1n) is 7.98. The number of carbonyl (C=O) groups excluding carboxylic acids is 1. The van der Waals surface area contributed by atoms with Crippen LogP contribution in [0.15, 0.2) is 0 Å². The molecule has 1 N–H and O–H groups in total. The molecule has 0 unspecified atom stereocenters. The molecule has 1 aliphatic rings. The molecule has 124 valence electrons. The number of amides is 1. The maximum absolute atomic E-state index is 12.0. The summed E-state index contributed by atoms with van der Waals surface area (Å²) in [5, 5.41) is 3.55. The highest BCUT2D eigenvalue weighted by Gasteiger charge is 2.27. The quantitative estimate of drug-likeness (QED) is 0.848. The lowest BCUT2D eigenvalue weighted by Gasteiger charge is -2.35. The molecule has 0 spiro atoms. The Labute approximate surface area is 129 Å². The smallest absolute Gasteiger partial charge is 0.410 e. The van der Waals surface area contributed by atoms with Gasteiger partial charge in [-0.2, -0.15) is 0 Å². The van der Waals surface area contributed by atoms with Crippen LogP contribution in [0.25, 0.3) is 0 Å². The Kier molecular flexibility index (Phi) is 6.47. The van der Waals surface area contributed by atoms with E-state index in [4.69, 9.17) is 9.47 Å². The molecule has 1 saturated heterocycles. The van der Waals surface area contributed by atoms with Crippen LogP contribution in [0, 0.1) is 0 Å². The number of nitrogens with one attached hydrogen (secondary N) is 1. The molecule has 5 heteroatoms. The van der Waals surface area contributed by atoms with Gasteiger partial charge < -0.3 is 19.7 Å². The molecular formula is C16H32N2O3. The van der Waals surface area contributed by atoms with Gasteiger partial charge in [0.15, 0.2) is 0 Å². The maximum atomic E-state index is 12.0. The summed E-state index contributed by atoms with van der Waals surface area (Å²) in [6, 6.07) is 0.448. The number of piperidine rings is 1. The molecule has 1 heterocycles. The average molecular weight is 300 g/mol. The fourth-order valence-corrected chi connectivity index (χ4v) is 2.42. The number of carbonyl (C=O) groups is 1. The summed E-state index contributed by atoms with van der Waals surface area (Å²) in [5.74, 6) is 0. The molecule has 0 aliphatic carbocycles. The van der Waals surface area contributed by atoms with Crippen molar-refractivity contribution in [2.24, 2.45) is 0 Å². The summed E-state index contributed by atoms with van der Waals surface area (Å²) < 4.78 is 11.1. The molecular weight excluding hydrogens is 268 g/mol. The molecule has 0 bridgehead atoms. The fourth-order valence-electron chi connectivity index (χ4n) is 2.42. The van der Waals surface area contributed by atoms with Crippen molar-refractivity contribution in [3.63, 3.8) is 0 Å². The van der Waals surface area contributed by atoms with Gasteiger partial charge in [0, 0.05) is 32.3 Å². The lowest BCUT2D eigenvalue weighted by Crippen LogP contribution is -2.49. The normalized spacial score (nSPS) is 17.9. The zero-order chi connectivity index (χ0) is 16.1. The number of hydrogen-bond donors (Lipinski definition) is 1. The molecule has 0 aromatic heterocycles. The van der Waals surface area contributed by atoms with Gasteiger partial charge in [0.05, 0.1) is 5.60 Å². The van der Waals surface area contributed by atoms with E-state index in [9.17, 15) is 4.79 Å². The predicted molar refractivity (Wildman–Crippen MR) is 84.5 cm³/mol. The highest BCUT2D eigenvalue weighted by Crippen LogP contribution is 2.16. The Hall–Kier alpha value is -0.810. The standard InChI is InChI=1S/C16H32N2O3/c1-7-20-16(5,6)12-17-13-8-10-18(11-9-13)14(19)21-15(2,3)4/h13,17H,7-12H2,1-6H3. The lowest BCUT2D eigenvalue weighted by molar-refractivity contribution is -0.0130. The molecule has 0 aromatic carbocycles. The second kappa shape index (κ2) is 7.45. The van der Waals surface area contributed by atoms with E-state index in [1.165, 1.54) is 0 Å². The van der Waals surface area contributed by atoms with E-state index in [0.717, 1.165) is 39.1 Å². The predicted octanol–water partition coefficient (Wildman–Crippen LogP) is 2.79. The van der Waals surface area contributed by atoms with Gasteiger partial charge in [0.1, 0.15) is 5.60 Å². The van der Waals surface area contributed by atoms with Crippen molar-refractivity contribution in [1.29, 1.82) is 0 Å². The van der Waals surface area contributed by atoms with Crippen LogP contribution in [0.1, 0.15) is 54.4 Å². The zero-order valence-corrected chi connectivity index (χ0v) is 14.5. The first-order chi connectivity index (χ1) is 9.63. The zero-order valence-electron chi connectivity index (χ0n) is 14.5. The monoisotopic (exact) mass is 300 g/mol. The SMILES string of the molecule is CCOC(C)(C)CNC1CCN(C(=O)OC(C)(C)C)CC1. The van der Waals surface area contributed by atoms with Crippen LogP contribution in [0.5, 0.6) is 0 Å². The van der Waals surface area contributed by atoms with Crippen LogP contribution in [-0.2, 0) is 9.47 Å². The molecule has 1 fully saturated rings. The summed E-state index contributed by atoms with van der Waals surface area (Å²) in [6.07, 6.45) is 1.72. The number of ether oxygens (including phenoxy) is 2. The Balaban J connectivity index is 2.31. The van der Waals surface area contributed by atoms with Gasteiger partial charge in [0.2, 0.25) is 0 Å². The minimum Gasteiger partial charge on any atom is -0.444 e. The minimum atomic E-state index is -0.423. The van der Waals surface area contributed by atoms with Gasteiger partial charge in [-0.1, -0.05) is 0 Å². The van der Waals surface area contributed by atoms with Crippen molar-refractivity contribution in [2.45, 2.75) is 71.6 Å². The van der Waals surface area contributed by atoms with E-state index in [1.54, 1.807) is 4.90 Å². The average Bonchev–Trinajstić information content (AvgIpc) is 2.35. The third-order valence-corrected chi connectivity index (χ3v) is 3.50. The molecule has 1 amide bonds. The Morgan fingerprint density at radius 1 is 1.19 bits per heavy atom. The van der Waals surface area contributed by atoms with Gasteiger partial charge in [-0.15, -0.1) is 0 Å². The Morgan fingerprint density at radius 2 is 1.76 bits per heavy atom. The molecule has 0 radical (unpaired) electrons. The van der Waals surface area contributed by atoms with Gasteiger partial charge in [0.25, 0.3) is 0 Å². The minimum absolute atomic E-state index is 0.142. The summed E-state index contributed by atoms with van der Waals surface area (Å²) in [5.41, 5.74) is -0.565. The molecule has 1 aliphatic heterocycles. The molecule has 0 aromatic rings. The van der Waals surface area contributed by atoms with Crippen molar-refractivity contribution >= 4 is 6.09 Å². The van der Waals surface area contributed by atoms with Crippen LogP contribution in [0.3, 0.4) is 0 Å². The third kappa shape index (κ3) is 7.14. The van der Waals surface area contributed by atoms with Gasteiger partial charge in [-0.3, -0.25) is 0 Å². The fraction of sp³-hybridized carbons (Fsp3) is 0.938. The first kappa shape index (κ1) is 18.2. The number of rotatable bonds is 5. The van der Waals surface area contributed by atoms with Crippen LogP contribution in [0.4, 0.5) is 4.79 Å². The highest BCUT2D eigenvalue weighted by molar-refractivity contribution is 5.68. The summed E-state index contributed by atoms with van der Waals surface area (Å²) in [6.45, 7) is 15.0. The van der Waals surface area contributed by atoms with Crippen LogP contribution in [0.2, 0.25) is 0 Å². The third-order valence-electron chi connectivity index (χ3n) is 3.50. The summed E-state index contributed by atoms with van der Waals surface area (Å²) in [4.78, 5) is 13.8. The van der Waals surface area contributed by atoms with Crippen LogP contribution < -0.4 is 5.32 Å². The van der Waals surface area contributed by atoms with Crippen molar-refractivity contribution in [3.05, 3.63) is 0 Å². The van der Waals surface area contributed by atoms with E-state index in [-0.39, 0.29) is 11.7 Å². The van der Waals surface area contributed by atoms with Gasteiger partial charge >= 0.3 is 6.09 Å². The van der Waals surface area contributed by atoms with Crippen molar-refractivity contribution < 1.29 is 14.3 Å². The van der Waals surface area contributed by atoms with Gasteiger partial charge in [-0.05, 0) is 54.4 Å². The second-order valence-corrected chi connectivity index (χ2v) is 7.32. The molecule has 0 atom stereocenters. The molecule has 0 saturated carbocycles. The molecule has 5 nitrogen and oxygen atoms in total. The van der Waals surface area contributed by atoms with Crippen molar-refractivity contribution in [2.75, 3.05) is 26.2 Å². The number of hydrogen-bond acceptors (Lipinski definition) is 4. The highest BCUT2D eigenvalue weighted by atomic mass is 16.6.